The van der Waals surface area contributed by atoms with Crippen LogP contribution in [0.25, 0.3) is 0 Å². The molecule has 1 N–H and O–H groups in total. The van der Waals surface area contributed by atoms with Crippen molar-refractivity contribution in [3.05, 3.63) is 0 Å². The predicted molar refractivity (Wildman–Crippen MR) is 85.4 cm³/mol. The third-order valence-electron chi connectivity index (χ3n) is 5.82. The highest BCUT2D eigenvalue weighted by molar-refractivity contribution is 4.93. The minimum Gasteiger partial charge on any atom is -0.381 e. The van der Waals surface area contributed by atoms with E-state index >= 15 is 0 Å². The number of nitrogens with one attached hydrogen (secondary N) is 1. The number of hydrogen-bond donors (Lipinski definition) is 1. The maximum Gasteiger partial charge on any atom is 0.0806 e. The summed E-state index contributed by atoms with van der Waals surface area (Å²) in [6.07, 6.45) is 9.06. The van der Waals surface area contributed by atoms with Crippen LogP contribution in [0.3, 0.4) is 0 Å². The van der Waals surface area contributed by atoms with Gasteiger partial charge >= 0.3 is 0 Å². The van der Waals surface area contributed by atoms with Crippen molar-refractivity contribution in [3.8, 4) is 0 Å². The van der Waals surface area contributed by atoms with Crippen molar-refractivity contribution in [2.24, 2.45) is 17.8 Å². The molecule has 3 aliphatic rings. The summed E-state index contributed by atoms with van der Waals surface area (Å²) in [7, 11) is 0. The summed E-state index contributed by atoms with van der Waals surface area (Å²) in [5.74, 6) is 2.35. The molecule has 1 heterocycles. The van der Waals surface area contributed by atoms with Crippen LogP contribution in [-0.4, -0.2) is 38.0 Å². The van der Waals surface area contributed by atoms with Gasteiger partial charge in [-0.1, -0.05) is 13.8 Å². The molecule has 3 nitrogen and oxygen atoms in total. The maximum absolute atomic E-state index is 6.52. The molecule has 0 aromatic carbocycles. The van der Waals surface area contributed by atoms with E-state index in [0.29, 0.717) is 5.92 Å². The van der Waals surface area contributed by atoms with Gasteiger partial charge in [0, 0.05) is 25.1 Å². The van der Waals surface area contributed by atoms with Gasteiger partial charge in [-0.3, -0.25) is 0 Å². The molecule has 2 aliphatic carbocycles. The van der Waals surface area contributed by atoms with Crippen LogP contribution in [-0.2, 0) is 9.47 Å². The Kier molecular flexibility index (Phi) is 5.23. The Morgan fingerprint density at radius 1 is 1.14 bits per heavy atom. The van der Waals surface area contributed by atoms with E-state index in [4.69, 9.17) is 9.47 Å². The van der Waals surface area contributed by atoms with Gasteiger partial charge in [-0.15, -0.1) is 0 Å². The van der Waals surface area contributed by atoms with Crippen LogP contribution in [0.2, 0.25) is 0 Å². The first-order chi connectivity index (χ1) is 10.2. The zero-order valence-electron chi connectivity index (χ0n) is 13.9. The highest BCUT2D eigenvalue weighted by Crippen LogP contribution is 2.39. The third kappa shape index (κ3) is 4.43. The summed E-state index contributed by atoms with van der Waals surface area (Å²) in [4.78, 5) is 0. The number of hydrogen-bond acceptors (Lipinski definition) is 3. The molecule has 0 radical (unpaired) electrons. The molecule has 3 fully saturated rings. The van der Waals surface area contributed by atoms with Crippen LogP contribution >= 0.6 is 0 Å². The molecule has 0 amide bonds. The Balaban J connectivity index is 1.52. The van der Waals surface area contributed by atoms with Crippen molar-refractivity contribution in [3.63, 3.8) is 0 Å². The third-order valence-corrected chi connectivity index (χ3v) is 5.82. The molecule has 1 aliphatic heterocycles. The molecule has 0 aromatic heterocycles. The Bertz CT molecular complexity index is 313. The van der Waals surface area contributed by atoms with Crippen molar-refractivity contribution in [1.29, 1.82) is 0 Å². The summed E-state index contributed by atoms with van der Waals surface area (Å²) in [5, 5.41) is 3.73. The van der Waals surface area contributed by atoms with Gasteiger partial charge in [0.25, 0.3) is 0 Å². The average molecular weight is 295 g/mol. The van der Waals surface area contributed by atoms with E-state index in [1.165, 1.54) is 44.9 Å². The Labute approximate surface area is 130 Å². The van der Waals surface area contributed by atoms with Gasteiger partial charge < -0.3 is 14.8 Å². The average Bonchev–Trinajstić information content (AvgIpc) is 3.18. The minimum atomic E-state index is 0.108. The predicted octanol–water partition coefficient (Wildman–Crippen LogP) is 3.38. The molecular formula is C18H33NO2. The summed E-state index contributed by atoms with van der Waals surface area (Å²) in [5.41, 5.74) is 0.108. The van der Waals surface area contributed by atoms with E-state index < -0.39 is 0 Å². The molecular weight excluding hydrogens is 262 g/mol. The van der Waals surface area contributed by atoms with E-state index in [9.17, 15) is 0 Å². The van der Waals surface area contributed by atoms with Crippen LogP contribution in [0, 0.1) is 17.8 Å². The Hall–Kier alpha value is -0.120. The lowest BCUT2D eigenvalue weighted by Gasteiger charge is -2.42. The maximum atomic E-state index is 6.52. The zero-order chi connectivity index (χ0) is 14.7. The van der Waals surface area contributed by atoms with E-state index in [2.05, 4.69) is 19.2 Å². The lowest BCUT2D eigenvalue weighted by molar-refractivity contribution is -0.0917. The fraction of sp³-hybridized carbons (Fsp3) is 1.00. The standard InChI is InChI=1S/C18H33NO2/c1-14(2)16-5-8-18(9-6-16,13-19-17-3-4-17)21-12-15-7-10-20-11-15/h14-17,19H,3-13H2,1-2H3. The SMILES string of the molecule is CC(C)C1CCC(CNC2CC2)(OCC2CCOC2)CC1. The first-order valence-electron chi connectivity index (χ1n) is 9.12. The fourth-order valence-corrected chi connectivity index (χ4v) is 3.83. The lowest BCUT2D eigenvalue weighted by atomic mass is 9.74. The molecule has 1 saturated heterocycles. The van der Waals surface area contributed by atoms with Gasteiger partial charge in [-0.2, -0.15) is 0 Å². The van der Waals surface area contributed by atoms with Crippen molar-refractivity contribution >= 4 is 0 Å². The summed E-state index contributed by atoms with van der Waals surface area (Å²) in [6, 6.07) is 0.781. The van der Waals surface area contributed by atoms with Crippen LogP contribution in [0.1, 0.15) is 58.8 Å². The molecule has 0 bridgehead atoms. The second kappa shape index (κ2) is 6.97. The van der Waals surface area contributed by atoms with Crippen molar-refractivity contribution in [1.82, 2.24) is 5.32 Å². The van der Waals surface area contributed by atoms with Gasteiger partial charge in [0.1, 0.15) is 0 Å². The fourth-order valence-electron chi connectivity index (χ4n) is 3.83. The highest BCUT2D eigenvalue weighted by atomic mass is 16.5. The molecule has 3 heteroatoms. The first kappa shape index (κ1) is 15.8. The topological polar surface area (TPSA) is 30.5 Å². The van der Waals surface area contributed by atoms with E-state index in [1.807, 2.05) is 0 Å². The van der Waals surface area contributed by atoms with Gasteiger partial charge in [0.2, 0.25) is 0 Å². The molecule has 2 saturated carbocycles. The second-order valence-corrected chi connectivity index (χ2v) is 7.96. The zero-order valence-corrected chi connectivity index (χ0v) is 13.9. The normalized spacial score (nSPS) is 37.3. The van der Waals surface area contributed by atoms with Crippen molar-refractivity contribution < 1.29 is 9.47 Å². The van der Waals surface area contributed by atoms with Gasteiger partial charge in [-0.05, 0) is 56.8 Å². The van der Waals surface area contributed by atoms with E-state index in [-0.39, 0.29) is 5.60 Å². The quantitative estimate of drug-likeness (QED) is 0.781. The van der Waals surface area contributed by atoms with E-state index in [1.54, 1.807) is 0 Å². The Morgan fingerprint density at radius 2 is 1.90 bits per heavy atom. The minimum absolute atomic E-state index is 0.108. The van der Waals surface area contributed by atoms with Gasteiger partial charge in [0.05, 0.1) is 18.8 Å². The van der Waals surface area contributed by atoms with Crippen LogP contribution < -0.4 is 5.32 Å². The molecule has 0 aromatic rings. The Morgan fingerprint density at radius 3 is 2.48 bits per heavy atom. The monoisotopic (exact) mass is 295 g/mol. The second-order valence-electron chi connectivity index (χ2n) is 7.96. The van der Waals surface area contributed by atoms with Crippen LogP contribution in [0.5, 0.6) is 0 Å². The van der Waals surface area contributed by atoms with Crippen molar-refractivity contribution in [2.45, 2.75) is 70.4 Å². The molecule has 0 spiro atoms. The first-order valence-corrected chi connectivity index (χ1v) is 9.12. The largest absolute Gasteiger partial charge is 0.381 e. The smallest absolute Gasteiger partial charge is 0.0806 e. The molecule has 21 heavy (non-hydrogen) atoms. The molecule has 1 unspecified atom stereocenters. The summed E-state index contributed by atoms with van der Waals surface area (Å²) in [6.45, 7) is 8.54. The number of rotatable bonds is 7. The molecule has 3 rings (SSSR count). The van der Waals surface area contributed by atoms with Crippen molar-refractivity contribution in [2.75, 3.05) is 26.4 Å². The summed E-state index contributed by atoms with van der Waals surface area (Å²) >= 11 is 0. The summed E-state index contributed by atoms with van der Waals surface area (Å²) < 4.78 is 12.0. The van der Waals surface area contributed by atoms with Crippen LogP contribution in [0.15, 0.2) is 0 Å². The van der Waals surface area contributed by atoms with Gasteiger partial charge in [-0.25, -0.2) is 0 Å². The number of ether oxygens (including phenoxy) is 2. The lowest BCUT2D eigenvalue weighted by Crippen LogP contribution is -2.47. The van der Waals surface area contributed by atoms with Gasteiger partial charge in [0.15, 0.2) is 0 Å². The molecule has 1 atom stereocenters. The van der Waals surface area contributed by atoms with Crippen LogP contribution in [0.4, 0.5) is 0 Å². The van der Waals surface area contributed by atoms with E-state index in [0.717, 1.165) is 44.2 Å². The molecule has 122 valence electrons. The highest BCUT2D eigenvalue weighted by Gasteiger charge is 2.38.